The van der Waals surface area contributed by atoms with E-state index in [2.05, 4.69) is 13.5 Å². The SMILES string of the molecule is C=CC[C@]12C=C(OC)C(=O)C=C1O[C@H](c1ccc3c(c1)OCO3)[C@H]2C. The number of hydrogen-bond acceptors (Lipinski definition) is 5. The fourth-order valence-electron chi connectivity index (χ4n) is 3.90. The molecule has 0 bridgehead atoms. The number of hydrogen-bond donors (Lipinski definition) is 0. The largest absolute Gasteiger partial charge is 0.493 e. The highest BCUT2D eigenvalue weighted by Crippen LogP contribution is 2.58. The third-order valence-corrected chi connectivity index (χ3v) is 5.30. The molecule has 130 valence electrons. The molecular weight excluding hydrogens is 320 g/mol. The normalized spacial score (nSPS) is 29.4. The van der Waals surface area contributed by atoms with Crippen LogP contribution in [0.5, 0.6) is 11.5 Å². The monoisotopic (exact) mass is 340 g/mol. The maximum atomic E-state index is 12.2. The van der Waals surface area contributed by atoms with Gasteiger partial charge >= 0.3 is 0 Å². The van der Waals surface area contributed by atoms with Crippen LogP contribution in [0.4, 0.5) is 0 Å². The van der Waals surface area contributed by atoms with E-state index in [9.17, 15) is 4.79 Å². The van der Waals surface area contributed by atoms with E-state index in [1.807, 2.05) is 30.4 Å². The third-order valence-electron chi connectivity index (χ3n) is 5.30. The van der Waals surface area contributed by atoms with E-state index in [1.165, 1.54) is 7.11 Å². The molecule has 0 amide bonds. The smallest absolute Gasteiger partial charge is 0.231 e. The summed E-state index contributed by atoms with van der Waals surface area (Å²) in [6.07, 6.45) is 5.77. The summed E-state index contributed by atoms with van der Waals surface area (Å²) in [5.41, 5.74) is 0.567. The van der Waals surface area contributed by atoms with Gasteiger partial charge in [-0.05, 0) is 30.2 Å². The minimum absolute atomic E-state index is 0.0929. The number of carbonyl (C=O) groups excluding carboxylic acids is 1. The highest BCUT2D eigenvalue weighted by molar-refractivity contribution is 6.04. The van der Waals surface area contributed by atoms with Crippen molar-refractivity contribution in [1.29, 1.82) is 0 Å². The van der Waals surface area contributed by atoms with E-state index in [-0.39, 0.29) is 24.6 Å². The summed E-state index contributed by atoms with van der Waals surface area (Å²) < 4.78 is 22.4. The van der Waals surface area contributed by atoms with Crippen LogP contribution >= 0.6 is 0 Å². The first-order chi connectivity index (χ1) is 12.1. The van der Waals surface area contributed by atoms with Crippen molar-refractivity contribution >= 4 is 5.78 Å². The van der Waals surface area contributed by atoms with Crippen molar-refractivity contribution < 1.29 is 23.7 Å². The molecule has 0 aromatic heterocycles. The summed E-state index contributed by atoms with van der Waals surface area (Å²) in [5.74, 6) is 2.41. The number of rotatable bonds is 4. The van der Waals surface area contributed by atoms with Crippen LogP contribution in [-0.2, 0) is 14.3 Å². The van der Waals surface area contributed by atoms with Crippen LogP contribution in [0.25, 0.3) is 0 Å². The second kappa shape index (κ2) is 5.69. The van der Waals surface area contributed by atoms with Gasteiger partial charge in [-0.1, -0.05) is 19.1 Å². The number of ether oxygens (including phenoxy) is 4. The molecule has 2 aliphatic heterocycles. The lowest BCUT2D eigenvalue weighted by Gasteiger charge is -2.31. The maximum absolute atomic E-state index is 12.2. The molecule has 5 nitrogen and oxygen atoms in total. The molecule has 25 heavy (non-hydrogen) atoms. The molecule has 1 fully saturated rings. The number of methoxy groups -OCH3 is 1. The highest BCUT2D eigenvalue weighted by Gasteiger charge is 2.53. The van der Waals surface area contributed by atoms with E-state index < -0.39 is 5.41 Å². The summed E-state index contributed by atoms with van der Waals surface area (Å²) in [4.78, 5) is 12.2. The average Bonchev–Trinajstić information content (AvgIpc) is 3.18. The van der Waals surface area contributed by atoms with Gasteiger partial charge in [-0.25, -0.2) is 0 Å². The molecule has 1 aliphatic carbocycles. The molecule has 1 aromatic rings. The van der Waals surface area contributed by atoms with Crippen LogP contribution in [-0.4, -0.2) is 19.7 Å². The van der Waals surface area contributed by atoms with Crippen LogP contribution < -0.4 is 9.47 Å². The molecule has 0 unspecified atom stereocenters. The van der Waals surface area contributed by atoms with Gasteiger partial charge in [0.2, 0.25) is 12.6 Å². The Hall–Kier alpha value is -2.69. The summed E-state index contributed by atoms with van der Waals surface area (Å²) in [6.45, 7) is 6.25. The van der Waals surface area contributed by atoms with Gasteiger partial charge in [0.05, 0.1) is 12.5 Å². The summed E-state index contributed by atoms with van der Waals surface area (Å²) in [5, 5.41) is 0. The van der Waals surface area contributed by atoms with Crippen molar-refractivity contribution in [3.63, 3.8) is 0 Å². The van der Waals surface area contributed by atoms with Crippen molar-refractivity contribution in [1.82, 2.24) is 0 Å². The van der Waals surface area contributed by atoms with Crippen LogP contribution in [0, 0.1) is 11.3 Å². The maximum Gasteiger partial charge on any atom is 0.231 e. The Morgan fingerprint density at radius 3 is 2.92 bits per heavy atom. The zero-order valence-corrected chi connectivity index (χ0v) is 14.3. The lowest BCUT2D eigenvalue weighted by molar-refractivity contribution is -0.114. The second-order valence-corrected chi connectivity index (χ2v) is 6.56. The van der Waals surface area contributed by atoms with Crippen molar-refractivity contribution in [2.24, 2.45) is 11.3 Å². The molecule has 1 aromatic carbocycles. The fourth-order valence-corrected chi connectivity index (χ4v) is 3.90. The van der Waals surface area contributed by atoms with Gasteiger partial charge in [0.25, 0.3) is 0 Å². The van der Waals surface area contributed by atoms with Crippen molar-refractivity contribution in [2.45, 2.75) is 19.4 Å². The van der Waals surface area contributed by atoms with Crippen LogP contribution in [0.2, 0.25) is 0 Å². The number of allylic oxidation sites excluding steroid dienone is 3. The first kappa shape index (κ1) is 15.8. The van der Waals surface area contributed by atoms with Crippen LogP contribution in [0.3, 0.4) is 0 Å². The zero-order chi connectivity index (χ0) is 17.6. The quantitative estimate of drug-likeness (QED) is 0.783. The van der Waals surface area contributed by atoms with Gasteiger partial charge in [0.1, 0.15) is 11.9 Å². The molecule has 0 saturated carbocycles. The molecular formula is C20H20O5. The fraction of sp³-hybridized carbons (Fsp3) is 0.350. The van der Waals surface area contributed by atoms with Crippen molar-refractivity contribution in [3.05, 3.63) is 60.1 Å². The van der Waals surface area contributed by atoms with E-state index in [0.29, 0.717) is 17.9 Å². The van der Waals surface area contributed by atoms with Crippen LogP contribution in [0.15, 0.2) is 54.5 Å². The van der Waals surface area contributed by atoms with E-state index in [0.717, 1.165) is 17.1 Å². The van der Waals surface area contributed by atoms with Gasteiger partial charge < -0.3 is 18.9 Å². The van der Waals surface area contributed by atoms with Crippen molar-refractivity contribution in [3.8, 4) is 11.5 Å². The van der Waals surface area contributed by atoms with E-state index in [4.69, 9.17) is 18.9 Å². The first-order valence-electron chi connectivity index (χ1n) is 8.29. The third kappa shape index (κ3) is 2.26. The lowest BCUT2D eigenvalue weighted by Crippen LogP contribution is -2.29. The van der Waals surface area contributed by atoms with Crippen molar-refractivity contribution in [2.75, 3.05) is 13.9 Å². The molecule has 1 saturated heterocycles. The molecule has 0 radical (unpaired) electrons. The van der Waals surface area contributed by atoms with Gasteiger partial charge in [-0.2, -0.15) is 0 Å². The Kier molecular flexibility index (Phi) is 3.60. The average molecular weight is 340 g/mol. The lowest BCUT2D eigenvalue weighted by atomic mass is 9.69. The number of fused-ring (bicyclic) bond motifs is 2. The summed E-state index contributed by atoms with van der Waals surface area (Å²) in [6, 6.07) is 5.83. The van der Waals surface area contributed by atoms with E-state index in [1.54, 1.807) is 6.08 Å². The Morgan fingerprint density at radius 2 is 2.16 bits per heavy atom. The molecule has 0 N–H and O–H groups in total. The predicted molar refractivity (Wildman–Crippen MR) is 91.0 cm³/mol. The second-order valence-electron chi connectivity index (χ2n) is 6.56. The standard InChI is InChI=1S/C20H20O5/c1-4-7-20-10-17(22-3)14(21)9-18(20)25-19(12(20)2)13-5-6-15-16(8-13)24-11-23-15/h4-6,8-10,12,19H,1,7,11H2,2-3H3/t12-,19+,20-/m1/s1. The number of ketones is 1. The molecule has 2 heterocycles. The molecule has 4 rings (SSSR count). The Bertz CT molecular complexity index is 806. The minimum atomic E-state index is -0.429. The zero-order valence-electron chi connectivity index (χ0n) is 14.3. The number of benzene rings is 1. The van der Waals surface area contributed by atoms with Gasteiger partial charge in [0, 0.05) is 12.0 Å². The Morgan fingerprint density at radius 1 is 1.36 bits per heavy atom. The minimum Gasteiger partial charge on any atom is -0.493 e. The van der Waals surface area contributed by atoms with Crippen LogP contribution in [0.1, 0.15) is 25.0 Å². The highest BCUT2D eigenvalue weighted by atomic mass is 16.7. The number of carbonyl (C=O) groups is 1. The van der Waals surface area contributed by atoms with Gasteiger partial charge in [0.15, 0.2) is 17.3 Å². The Balaban J connectivity index is 1.76. The summed E-state index contributed by atoms with van der Waals surface area (Å²) in [7, 11) is 1.51. The van der Waals surface area contributed by atoms with Gasteiger partial charge in [-0.3, -0.25) is 4.79 Å². The predicted octanol–water partition coefficient (Wildman–Crippen LogP) is 3.68. The topological polar surface area (TPSA) is 54.0 Å². The van der Waals surface area contributed by atoms with E-state index >= 15 is 0 Å². The first-order valence-corrected chi connectivity index (χ1v) is 8.29. The van der Waals surface area contributed by atoms with Gasteiger partial charge in [-0.15, -0.1) is 6.58 Å². The Labute approximate surface area is 146 Å². The molecule has 3 aliphatic rings. The molecule has 5 heteroatoms. The molecule has 0 spiro atoms. The molecule has 3 atom stereocenters. The summed E-state index contributed by atoms with van der Waals surface area (Å²) >= 11 is 0.